The number of rotatable bonds is 2. The topological polar surface area (TPSA) is 130 Å². The zero-order valence-electron chi connectivity index (χ0n) is 24.4. The van der Waals surface area contributed by atoms with Gasteiger partial charge in [0.05, 0.1) is 35.3 Å². The minimum atomic E-state index is -0.791. The van der Waals surface area contributed by atoms with Gasteiger partial charge in [0.25, 0.3) is 0 Å². The van der Waals surface area contributed by atoms with Crippen LogP contribution in [0.15, 0.2) is 85.3 Å². The summed E-state index contributed by atoms with van der Waals surface area (Å²) in [5, 5.41) is 36.2. The number of nitriles is 1. The molecule has 0 spiro atoms. The number of aliphatic hydroxyl groups is 2. The maximum atomic E-state index is 10.3. The van der Waals surface area contributed by atoms with Crippen molar-refractivity contribution in [2.45, 2.75) is 24.9 Å². The number of anilines is 1. The zero-order chi connectivity index (χ0) is 31.4. The number of nitrogens with two attached hydrogens (primary N) is 1. The summed E-state index contributed by atoms with van der Waals surface area (Å²) < 4.78 is 7.72. The van der Waals surface area contributed by atoms with Crippen molar-refractivity contribution in [3.63, 3.8) is 0 Å². The van der Waals surface area contributed by atoms with Crippen molar-refractivity contribution in [3.05, 3.63) is 113 Å². The Morgan fingerprint density at radius 3 is 2.02 bits per heavy atom. The van der Waals surface area contributed by atoms with E-state index in [0.717, 1.165) is 49.0 Å². The molecule has 8 heteroatoms. The second kappa shape index (κ2) is 10.9. The molecule has 3 heterocycles. The van der Waals surface area contributed by atoms with E-state index in [2.05, 4.69) is 82.2 Å². The molecule has 7 aromatic rings. The van der Waals surface area contributed by atoms with Crippen LogP contribution in [0.3, 0.4) is 0 Å². The Kier molecular flexibility index (Phi) is 6.53. The molecule has 1 aliphatic heterocycles. The Morgan fingerprint density at radius 2 is 1.39 bits per heavy atom. The average molecular weight is 600 g/mol. The van der Waals surface area contributed by atoms with Gasteiger partial charge in [0.1, 0.15) is 30.1 Å². The van der Waals surface area contributed by atoms with Gasteiger partial charge in [0.15, 0.2) is 0 Å². The van der Waals surface area contributed by atoms with E-state index >= 15 is 0 Å². The first-order chi connectivity index (χ1) is 22.5. The van der Waals surface area contributed by atoms with Crippen molar-refractivity contribution in [1.82, 2.24) is 14.5 Å². The molecule has 0 saturated carbocycles. The van der Waals surface area contributed by atoms with Crippen LogP contribution in [-0.4, -0.2) is 43.6 Å². The molecule has 1 aliphatic rings. The van der Waals surface area contributed by atoms with Gasteiger partial charge in [-0.3, -0.25) is 0 Å². The number of aromatic nitrogens is 3. The molecule has 5 aromatic carbocycles. The lowest BCUT2D eigenvalue weighted by Gasteiger charge is -2.14. The maximum Gasteiger partial charge on any atom is 0.148 e. The lowest BCUT2D eigenvalue weighted by Crippen LogP contribution is -2.24. The highest BCUT2D eigenvalue weighted by Gasteiger charge is 2.35. The van der Waals surface area contributed by atoms with Gasteiger partial charge >= 0.3 is 0 Å². The number of nitrogen functional groups attached to an aromatic ring is 1. The molecule has 46 heavy (non-hydrogen) atoms. The smallest absolute Gasteiger partial charge is 0.148 e. The lowest BCUT2D eigenvalue weighted by atomic mass is 9.90. The van der Waals surface area contributed by atoms with Crippen LogP contribution in [0.25, 0.3) is 43.4 Å². The molecule has 0 amide bonds. The number of ether oxygens (including phenoxy) is 1. The van der Waals surface area contributed by atoms with Gasteiger partial charge < -0.3 is 25.3 Å². The van der Waals surface area contributed by atoms with Gasteiger partial charge in [-0.1, -0.05) is 60.1 Å². The molecule has 1 fully saturated rings. The second-order valence-electron chi connectivity index (χ2n) is 11.4. The molecule has 4 N–H and O–H groups in total. The van der Waals surface area contributed by atoms with Crippen molar-refractivity contribution in [2.75, 3.05) is 12.3 Å². The van der Waals surface area contributed by atoms with Gasteiger partial charge in [-0.25, -0.2) is 9.97 Å². The van der Waals surface area contributed by atoms with Gasteiger partial charge in [0.2, 0.25) is 0 Å². The van der Waals surface area contributed by atoms with Crippen LogP contribution in [0.2, 0.25) is 0 Å². The monoisotopic (exact) mass is 599 g/mol. The predicted molar refractivity (Wildman–Crippen MR) is 177 cm³/mol. The third-order valence-electron chi connectivity index (χ3n) is 8.68. The Morgan fingerprint density at radius 1 is 0.783 bits per heavy atom. The highest BCUT2D eigenvalue weighted by atomic mass is 16.5. The third kappa shape index (κ3) is 4.47. The van der Waals surface area contributed by atoms with Crippen LogP contribution in [0.4, 0.5) is 5.82 Å². The van der Waals surface area contributed by atoms with E-state index in [-0.39, 0.29) is 6.61 Å². The van der Waals surface area contributed by atoms with E-state index in [1.165, 1.54) is 6.33 Å². The normalized spacial score (nSPS) is 17.6. The molecule has 0 bridgehead atoms. The van der Waals surface area contributed by atoms with E-state index in [1.807, 2.05) is 24.4 Å². The number of benzene rings is 5. The first-order valence-corrected chi connectivity index (χ1v) is 14.8. The van der Waals surface area contributed by atoms with Crippen LogP contribution in [0.5, 0.6) is 0 Å². The molecular weight excluding hydrogens is 574 g/mol. The van der Waals surface area contributed by atoms with E-state index in [4.69, 9.17) is 15.7 Å². The van der Waals surface area contributed by atoms with E-state index in [1.54, 1.807) is 16.7 Å². The molecule has 220 valence electrons. The van der Waals surface area contributed by atoms with Crippen molar-refractivity contribution >= 4 is 49.2 Å². The van der Waals surface area contributed by atoms with Gasteiger partial charge in [-0.2, -0.15) is 5.26 Å². The largest absolute Gasteiger partial charge is 0.394 e. The highest BCUT2D eigenvalue weighted by Crippen LogP contribution is 2.38. The standard InChI is InChI=1S/C38H25N5O3/c39-18-23-3-1-22(2-4-23)5-6-24-7-10-26-14-16-30-25(8-11-27-13-15-29(24)34(26)35(27)30)9-12-28-19-43(33-17-31(45)32(20-44)46-33)38-36(28)37(40)41-21-42-38/h1-4,7-8,10-11,13-16,19,21,31-33,44-45H,17,20H2,(H2,40,41,42)/t31-,32+,33+/m0/s1. The van der Waals surface area contributed by atoms with Gasteiger partial charge in [0, 0.05) is 29.3 Å². The third-order valence-corrected chi connectivity index (χ3v) is 8.68. The number of fused-ring (bicyclic) bond motifs is 1. The molecule has 0 aliphatic carbocycles. The first kappa shape index (κ1) is 27.6. The molecule has 3 atom stereocenters. The average Bonchev–Trinajstić information content (AvgIpc) is 3.66. The number of nitrogens with zero attached hydrogens (tertiary/aromatic N) is 4. The summed E-state index contributed by atoms with van der Waals surface area (Å²) in [4.78, 5) is 8.65. The number of aliphatic hydroxyl groups excluding tert-OH is 2. The number of hydrogen-bond donors (Lipinski definition) is 3. The van der Waals surface area contributed by atoms with Gasteiger partial charge in [-0.15, -0.1) is 0 Å². The molecule has 8 rings (SSSR count). The van der Waals surface area contributed by atoms with E-state index in [9.17, 15) is 10.2 Å². The summed E-state index contributed by atoms with van der Waals surface area (Å²) >= 11 is 0. The van der Waals surface area contributed by atoms with E-state index in [0.29, 0.717) is 34.4 Å². The summed E-state index contributed by atoms with van der Waals surface area (Å²) in [5.74, 6) is 13.6. The first-order valence-electron chi connectivity index (χ1n) is 14.8. The SMILES string of the molecule is N#Cc1ccc(C#Cc2ccc3ccc4c(C#Cc5cn([C@H]6C[C@H](O)[C@@H](CO)O6)c6ncnc(N)c56)ccc5ccc2c3c54)cc1. The maximum absolute atomic E-state index is 10.3. The minimum absolute atomic E-state index is 0.277. The summed E-state index contributed by atoms with van der Waals surface area (Å²) in [6, 6.07) is 26.1. The number of hydrogen-bond acceptors (Lipinski definition) is 7. The quantitative estimate of drug-likeness (QED) is 0.183. The Labute approximate surface area is 263 Å². The van der Waals surface area contributed by atoms with E-state index < -0.39 is 18.4 Å². The molecular formula is C38H25N5O3. The Bertz CT molecular complexity index is 2490. The molecule has 0 radical (unpaired) electrons. The van der Waals surface area contributed by atoms with Crippen LogP contribution < -0.4 is 5.73 Å². The minimum Gasteiger partial charge on any atom is -0.394 e. The Balaban J connectivity index is 1.24. The molecule has 1 saturated heterocycles. The van der Waals surface area contributed by atoms with Crippen molar-refractivity contribution < 1.29 is 14.9 Å². The summed E-state index contributed by atoms with van der Waals surface area (Å²) in [7, 11) is 0. The second-order valence-corrected chi connectivity index (χ2v) is 11.4. The fourth-order valence-corrected chi connectivity index (χ4v) is 6.39. The summed E-state index contributed by atoms with van der Waals surface area (Å²) in [6.07, 6.45) is 1.54. The molecule has 0 unspecified atom stereocenters. The molecule has 2 aromatic heterocycles. The van der Waals surface area contributed by atoms with Crippen LogP contribution in [-0.2, 0) is 4.74 Å². The fraction of sp³-hybridized carbons (Fsp3) is 0.132. The molecule has 8 nitrogen and oxygen atoms in total. The van der Waals surface area contributed by atoms with Crippen LogP contribution >= 0.6 is 0 Å². The fourth-order valence-electron chi connectivity index (χ4n) is 6.39. The predicted octanol–water partition coefficient (Wildman–Crippen LogP) is 5.22. The van der Waals surface area contributed by atoms with Crippen LogP contribution in [0.1, 0.15) is 40.5 Å². The summed E-state index contributed by atoms with van der Waals surface area (Å²) in [6.45, 7) is -0.277. The Hall–Kier alpha value is -5.95. The van der Waals surface area contributed by atoms with Crippen LogP contribution in [0, 0.1) is 35.0 Å². The zero-order valence-corrected chi connectivity index (χ0v) is 24.4. The van der Waals surface area contributed by atoms with Gasteiger partial charge in [-0.05, 0) is 68.7 Å². The summed E-state index contributed by atoms with van der Waals surface area (Å²) in [5.41, 5.74) is 10.7. The van der Waals surface area contributed by atoms with Crippen molar-refractivity contribution in [3.8, 4) is 29.8 Å². The lowest BCUT2D eigenvalue weighted by molar-refractivity contribution is -0.0430. The van der Waals surface area contributed by atoms with Crippen molar-refractivity contribution in [2.24, 2.45) is 0 Å². The highest BCUT2D eigenvalue weighted by molar-refractivity contribution is 6.24. The van der Waals surface area contributed by atoms with Crippen molar-refractivity contribution in [1.29, 1.82) is 5.26 Å².